The summed E-state index contributed by atoms with van der Waals surface area (Å²) in [5.74, 6) is 1.16. The first-order chi connectivity index (χ1) is 14.6. The fourth-order valence-corrected chi connectivity index (χ4v) is 3.78. The van der Waals surface area contributed by atoms with Crippen LogP contribution >= 0.6 is 15.9 Å². The number of ether oxygens (including phenoxy) is 1. The van der Waals surface area contributed by atoms with E-state index in [1.807, 2.05) is 70.4 Å². The van der Waals surface area contributed by atoms with Gasteiger partial charge in [-0.05, 0) is 48.2 Å². The number of fused-ring (bicyclic) bond motifs is 1. The first-order valence-corrected chi connectivity index (χ1v) is 11.3. The Hall–Kier alpha value is -2.35. The smallest absolute Gasteiger partial charge is 0.410 e. The Bertz CT molecular complexity index is 876. The lowest BCUT2D eigenvalue weighted by molar-refractivity contribution is 0.105. The van der Waals surface area contributed by atoms with Gasteiger partial charge in [-0.2, -0.15) is 0 Å². The van der Waals surface area contributed by atoms with Crippen LogP contribution in [0.4, 0.5) is 10.6 Å². The van der Waals surface area contributed by atoms with E-state index in [2.05, 4.69) is 25.9 Å². The van der Waals surface area contributed by atoms with Gasteiger partial charge in [0.2, 0.25) is 0 Å². The summed E-state index contributed by atoms with van der Waals surface area (Å²) >= 11 is 3.45. The number of nitrogens with two attached hydrogens (primary N) is 1. The molecule has 0 bridgehead atoms. The van der Waals surface area contributed by atoms with E-state index in [9.17, 15) is 4.79 Å². The van der Waals surface area contributed by atoms with Crippen molar-refractivity contribution in [3.63, 3.8) is 0 Å². The Kier molecular flexibility index (Phi) is 11.2. The van der Waals surface area contributed by atoms with E-state index < -0.39 is 0 Å². The minimum Gasteiger partial charge on any atom is -0.445 e. The molecule has 2 aromatic heterocycles. The largest absolute Gasteiger partial charge is 0.445 e. The number of halogens is 1. The average Bonchev–Trinajstić information content (AvgIpc) is 3.39. The highest BCUT2D eigenvalue weighted by Gasteiger charge is 2.34. The van der Waals surface area contributed by atoms with Gasteiger partial charge < -0.3 is 10.5 Å². The second-order valence-corrected chi connectivity index (χ2v) is 6.81. The number of hydrogen-bond donors (Lipinski definition) is 1. The summed E-state index contributed by atoms with van der Waals surface area (Å²) in [6.07, 6.45) is 10.6. The number of nitrogens with zero attached hydrogens (tertiary/aromatic N) is 4. The molecule has 2 N–H and O–H groups in total. The zero-order chi connectivity index (χ0) is 22.7. The van der Waals surface area contributed by atoms with Crippen molar-refractivity contribution >= 4 is 33.4 Å². The quantitative estimate of drug-likeness (QED) is 0.549. The van der Waals surface area contributed by atoms with Crippen molar-refractivity contribution in [1.82, 2.24) is 19.3 Å². The molecule has 0 spiro atoms. The molecule has 30 heavy (non-hydrogen) atoms. The van der Waals surface area contributed by atoms with Gasteiger partial charge in [0.05, 0.1) is 6.04 Å². The molecule has 0 saturated carbocycles. The Morgan fingerprint density at radius 2 is 2.03 bits per heavy atom. The highest BCUT2D eigenvalue weighted by Crippen LogP contribution is 2.35. The zero-order valence-corrected chi connectivity index (χ0v) is 20.4. The molecule has 0 radical (unpaired) electrons. The number of nitrogen functional groups attached to an aromatic ring is 1. The van der Waals surface area contributed by atoms with Crippen molar-refractivity contribution in [3.05, 3.63) is 46.6 Å². The third-order valence-electron chi connectivity index (χ3n) is 4.47. The molecular formula is C22H34BrN5O2. The van der Waals surface area contributed by atoms with Crippen LogP contribution in [0.15, 0.2) is 40.8 Å². The summed E-state index contributed by atoms with van der Waals surface area (Å²) in [4.78, 5) is 23.1. The molecule has 8 heteroatoms. The minimum absolute atomic E-state index is 0.154. The monoisotopic (exact) mass is 479 g/mol. The minimum atomic E-state index is -0.328. The number of carbonyl (C=O) groups excluding carboxylic acids is 1. The molecule has 1 aliphatic heterocycles. The van der Waals surface area contributed by atoms with Crippen molar-refractivity contribution in [2.24, 2.45) is 0 Å². The van der Waals surface area contributed by atoms with Crippen LogP contribution in [-0.2, 0) is 4.74 Å². The van der Waals surface area contributed by atoms with Gasteiger partial charge in [0.25, 0.3) is 0 Å². The summed E-state index contributed by atoms with van der Waals surface area (Å²) in [6, 6.07) is -0.154. The van der Waals surface area contributed by atoms with Gasteiger partial charge in [-0.3, -0.25) is 9.30 Å². The number of carbonyl (C=O) groups is 1. The van der Waals surface area contributed by atoms with E-state index in [-0.39, 0.29) is 18.7 Å². The van der Waals surface area contributed by atoms with Crippen molar-refractivity contribution in [3.8, 4) is 0 Å². The highest BCUT2D eigenvalue weighted by atomic mass is 79.9. The first kappa shape index (κ1) is 25.7. The molecule has 0 aromatic carbocycles. The molecule has 7 nitrogen and oxygen atoms in total. The average molecular weight is 480 g/mol. The van der Waals surface area contributed by atoms with Crippen molar-refractivity contribution < 1.29 is 9.53 Å². The SMILES string of the molecule is C/C=C\C(=C/C)COC(=O)N1CCCC1c1nc(Br)c2c(N)nccn12.CC.CC. The number of aromatic nitrogens is 3. The Morgan fingerprint density at radius 3 is 2.67 bits per heavy atom. The maximum atomic E-state index is 12.6. The fraction of sp³-hybridized carbons (Fsp3) is 0.500. The van der Waals surface area contributed by atoms with Gasteiger partial charge in [-0.25, -0.2) is 14.8 Å². The van der Waals surface area contributed by atoms with Gasteiger partial charge in [-0.1, -0.05) is 45.9 Å². The number of amides is 1. The maximum Gasteiger partial charge on any atom is 0.410 e. The molecule has 1 fully saturated rings. The lowest BCUT2D eigenvalue weighted by Gasteiger charge is -2.23. The molecule has 3 heterocycles. The summed E-state index contributed by atoms with van der Waals surface area (Å²) in [5.41, 5.74) is 7.65. The number of likely N-dealkylation sites (tertiary alicyclic amines) is 1. The normalized spacial score (nSPS) is 16.2. The van der Waals surface area contributed by atoms with Crippen LogP contribution in [0.3, 0.4) is 0 Å². The predicted molar refractivity (Wildman–Crippen MR) is 126 cm³/mol. The third kappa shape index (κ3) is 5.84. The maximum absolute atomic E-state index is 12.6. The molecule has 1 unspecified atom stereocenters. The summed E-state index contributed by atoms with van der Waals surface area (Å²) in [6.45, 7) is 12.8. The summed E-state index contributed by atoms with van der Waals surface area (Å²) < 4.78 is 8.02. The fourth-order valence-electron chi connectivity index (χ4n) is 3.20. The molecule has 166 valence electrons. The molecule has 2 aromatic rings. The van der Waals surface area contributed by atoms with Crippen LogP contribution in [-0.4, -0.2) is 38.5 Å². The number of rotatable bonds is 4. The van der Waals surface area contributed by atoms with Gasteiger partial charge in [-0.15, -0.1) is 0 Å². The number of anilines is 1. The van der Waals surface area contributed by atoms with Crippen molar-refractivity contribution in [2.75, 3.05) is 18.9 Å². The number of imidazole rings is 1. The topological polar surface area (TPSA) is 85.8 Å². The van der Waals surface area contributed by atoms with Crippen molar-refractivity contribution in [2.45, 2.75) is 60.4 Å². The van der Waals surface area contributed by atoms with E-state index in [0.29, 0.717) is 22.5 Å². The van der Waals surface area contributed by atoms with E-state index >= 15 is 0 Å². The zero-order valence-electron chi connectivity index (χ0n) is 18.9. The van der Waals surface area contributed by atoms with Gasteiger partial charge in [0.15, 0.2) is 5.82 Å². The van der Waals surface area contributed by atoms with Gasteiger partial charge in [0, 0.05) is 18.9 Å². The predicted octanol–water partition coefficient (Wildman–Crippen LogP) is 5.92. The van der Waals surface area contributed by atoms with Crippen LogP contribution in [0, 0.1) is 0 Å². The second-order valence-electron chi connectivity index (χ2n) is 6.06. The van der Waals surface area contributed by atoms with E-state index in [4.69, 9.17) is 10.5 Å². The van der Waals surface area contributed by atoms with Gasteiger partial charge >= 0.3 is 6.09 Å². The highest BCUT2D eigenvalue weighted by molar-refractivity contribution is 9.10. The lowest BCUT2D eigenvalue weighted by Crippen LogP contribution is -2.32. The van der Waals surface area contributed by atoms with Crippen LogP contribution in [0.2, 0.25) is 0 Å². The van der Waals surface area contributed by atoms with Crippen LogP contribution in [0.25, 0.3) is 5.52 Å². The molecule has 1 saturated heterocycles. The molecule has 3 rings (SSSR count). The standard InChI is InChI=1S/C18H22BrN5O2.2C2H6/c1-3-6-12(4-2)11-26-18(25)23-9-5-7-13(23)17-22-15(19)14-16(20)21-8-10-24(14)17;2*1-2/h3-4,6,8,10,13H,5,7,9,11H2,1-2H3,(H2,20,21);2*1-2H3/b6-3-,12-4+;;. The molecular weight excluding hydrogens is 446 g/mol. The Morgan fingerprint density at radius 1 is 1.33 bits per heavy atom. The summed E-state index contributed by atoms with van der Waals surface area (Å²) in [5, 5.41) is 0. The first-order valence-electron chi connectivity index (χ1n) is 10.6. The molecule has 1 atom stereocenters. The number of hydrogen-bond acceptors (Lipinski definition) is 5. The van der Waals surface area contributed by atoms with E-state index in [1.165, 1.54) is 0 Å². The lowest BCUT2D eigenvalue weighted by atomic mass is 10.2. The van der Waals surface area contributed by atoms with Crippen LogP contribution < -0.4 is 5.73 Å². The third-order valence-corrected chi connectivity index (χ3v) is 5.02. The van der Waals surface area contributed by atoms with Crippen LogP contribution in [0.5, 0.6) is 0 Å². The van der Waals surface area contributed by atoms with E-state index in [1.54, 1.807) is 11.1 Å². The molecule has 1 amide bonds. The van der Waals surface area contributed by atoms with Crippen LogP contribution in [0.1, 0.15) is 66.3 Å². The van der Waals surface area contributed by atoms with Crippen molar-refractivity contribution in [1.29, 1.82) is 0 Å². The molecule has 0 aliphatic carbocycles. The van der Waals surface area contributed by atoms with Gasteiger partial charge in [0.1, 0.15) is 22.6 Å². The Balaban J connectivity index is 0.00000106. The second kappa shape index (κ2) is 13.1. The summed E-state index contributed by atoms with van der Waals surface area (Å²) in [7, 11) is 0. The Labute approximate surface area is 188 Å². The number of allylic oxidation sites excluding steroid dienone is 2. The van der Waals surface area contributed by atoms with E-state index in [0.717, 1.165) is 24.2 Å². The molecule has 1 aliphatic rings.